The van der Waals surface area contributed by atoms with Crippen LogP contribution >= 0.6 is 11.6 Å². The van der Waals surface area contributed by atoms with E-state index in [4.69, 9.17) is 16.0 Å². The van der Waals surface area contributed by atoms with Crippen LogP contribution in [0.1, 0.15) is 60.9 Å². The molecule has 1 heterocycles. The number of rotatable bonds is 6. The highest BCUT2D eigenvalue weighted by Gasteiger charge is 2.42. The Bertz CT molecular complexity index is 760. The molecule has 0 bridgehead atoms. The standard InChI is InChI=1S/C21H26ClNO3/c1-14-13-18(15(2)26-14)19(24)9-12-23-20(25)21(10-3-4-11-21)16-5-7-17(22)8-6-16/h5-8,13,19,24H,3-4,9-12H2,1-2H3,(H,23,25)/t19-/m0/s1. The third-order valence-corrected chi connectivity index (χ3v) is 5.68. The topological polar surface area (TPSA) is 62.5 Å². The van der Waals surface area contributed by atoms with Gasteiger partial charge in [-0.3, -0.25) is 4.79 Å². The maximum atomic E-state index is 13.0. The maximum absolute atomic E-state index is 13.0. The fourth-order valence-electron chi connectivity index (χ4n) is 4.02. The Morgan fingerprint density at radius 2 is 1.92 bits per heavy atom. The van der Waals surface area contributed by atoms with E-state index in [-0.39, 0.29) is 5.91 Å². The second-order valence-electron chi connectivity index (χ2n) is 7.23. The summed E-state index contributed by atoms with van der Waals surface area (Å²) in [7, 11) is 0. The number of nitrogens with one attached hydrogen (secondary N) is 1. The number of aliphatic hydroxyl groups is 1. The number of amides is 1. The van der Waals surface area contributed by atoms with Crippen LogP contribution in [0.2, 0.25) is 5.02 Å². The second kappa shape index (κ2) is 7.85. The molecule has 1 amide bonds. The molecule has 5 heteroatoms. The molecule has 2 N–H and O–H groups in total. The van der Waals surface area contributed by atoms with Crippen LogP contribution in [-0.4, -0.2) is 17.6 Å². The monoisotopic (exact) mass is 375 g/mol. The van der Waals surface area contributed by atoms with E-state index in [0.29, 0.717) is 18.0 Å². The number of aliphatic hydroxyl groups excluding tert-OH is 1. The van der Waals surface area contributed by atoms with Gasteiger partial charge in [0.2, 0.25) is 5.91 Å². The van der Waals surface area contributed by atoms with E-state index in [2.05, 4.69) is 5.32 Å². The minimum absolute atomic E-state index is 0.0459. The number of aryl methyl sites for hydroxylation is 2. The maximum Gasteiger partial charge on any atom is 0.230 e. The summed E-state index contributed by atoms with van der Waals surface area (Å²) in [6.07, 6.45) is 3.62. The quantitative estimate of drug-likeness (QED) is 0.775. The van der Waals surface area contributed by atoms with E-state index in [1.807, 2.05) is 44.2 Å². The van der Waals surface area contributed by atoms with Crippen molar-refractivity contribution < 1.29 is 14.3 Å². The summed E-state index contributed by atoms with van der Waals surface area (Å²) < 4.78 is 5.47. The van der Waals surface area contributed by atoms with Crippen molar-refractivity contribution in [3.8, 4) is 0 Å². The number of carbonyl (C=O) groups is 1. The molecule has 3 rings (SSSR count). The molecule has 1 aromatic heterocycles. The summed E-state index contributed by atoms with van der Waals surface area (Å²) in [6.45, 7) is 4.14. The number of benzene rings is 1. The van der Waals surface area contributed by atoms with Crippen molar-refractivity contribution in [3.63, 3.8) is 0 Å². The minimum atomic E-state index is -0.636. The second-order valence-corrected chi connectivity index (χ2v) is 7.66. The van der Waals surface area contributed by atoms with Crippen molar-refractivity contribution in [2.24, 2.45) is 0 Å². The van der Waals surface area contributed by atoms with E-state index in [1.54, 1.807) is 0 Å². The highest BCUT2D eigenvalue weighted by molar-refractivity contribution is 6.30. The van der Waals surface area contributed by atoms with Crippen LogP contribution < -0.4 is 5.32 Å². The van der Waals surface area contributed by atoms with Gasteiger partial charge in [0.1, 0.15) is 11.5 Å². The van der Waals surface area contributed by atoms with Gasteiger partial charge < -0.3 is 14.8 Å². The van der Waals surface area contributed by atoms with Crippen molar-refractivity contribution in [1.82, 2.24) is 5.32 Å². The average molecular weight is 376 g/mol. The first-order valence-electron chi connectivity index (χ1n) is 9.22. The molecule has 140 valence electrons. The van der Waals surface area contributed by atoms with Crippen molar-refractivity contribution in [2.45, 2.75) is 57.5 Å². The van der Waals surface area contributed by atoms with Crippen molar-refractivity contribution in [2.75, 3.05) is 6.54 Å². The number of halogens is 1. The molecule has 26 heavy (non-hydrogen) atoms. The van der Waals surface area contributed by atoms with Crippen LogP contribution in [0.3, 0.4) is 0 Å². The molecule has 0 spiro atoms. The normalized spacial score (nSPS) is 17.2. The Hall–Kier alpha value is -1.78. The van der Waals surface area contributed by atoms with Crippen LogP contribution in [0.15, 0.2) is 34.7 Å². The Kier molecular flexibility index (Phi) is 5.73. The van der Waals surface area contributed by atoms with Gasteiger partial charge in [-0.05, 0) is 56.9 Å². The highest BCUT2D eigenvalue weighted by Crippen LogP contribution is 2.41. The zero-order chi connectivity index (χ0) is 18.7. The lowest BCUT2D eigenvalue weighted by Gasteiger charge is -2.28. The van der Waals surface area contributed by atoms with Gasteiger partial charge in [-0.2, -0.15) is 0 Å². The third-order valence-electron chi connectivity index (χ3n) is 5.43. The first-order chi connectivity index (χ1) is 12.4. The van der Waals surface area contributed by atoms with Gasteiger partial charge in [-0.1, -0.05) is 36.6 Å². The van der Waals surface area contributed by atoms with Gasteiger partial charge in [-0.25, -0.2) is 0 Å². The molecule has 4 nitrogen and oxygen atoms in total. The number of furan rings is 1. The lowest BCUT2D eigenvalue weighted by molar-refractivity contribution is -0.126. The van der Waals surface area contributed by atoms with Gasteiger partial charge in [0.05, 0.1) is 11.5 Å². The summed E-state index contributed by atoms with van der Waals surface area (Å²) in [4.78, 5) is 13.0. The Morgan fingerprint density at radius 1 is 1.27 bits per heavy atom. The number of carbonyl (C=O) groups excluding carboxylic acids is 1. The minimum Gasteiger partial charge on any atom is -0.466 e. The van der Waals surface area contributed by atoms with Crippen LogP contribution in [0.5, 0.6) is 0 Å². The van der Waals surface area contributed by atoms with E-state index < -0.39 is 11.5 Å². The molecule has 0 radical (unpaired) electrons. The van der Waals surface area contributed by atoms with Crippen LogP contribution in [0.4, 0.5) is 0 Å². The molecular formula is C21H26ClNO3. The average Bonchev–Trinajstić information content (AvgIpc) is 3.22. The summed E-state index contributed by atoms with van der Waals surface area (Å²) in [5.41, 5.74) is 1.35. The van der Waals surface area contributed by atoms with Crippen molar-refractivity contribution in [1.29, 1.82) is 0 Å². The Labute approximate surface area is 159 Å². The molecule has 1 atom stereocenters. The SMILES string of the molecule is Cc1cc([C@@H](O)CCNC(=O)C2(c3ccc(Cl)cc3)CCCC2)c(C)o1. The zero-order valence-electron chi connectivity index (χ0n) is 15.3. The lowest BCUT2D eigenvalue weighted by Crippen LogP contribution is -2.43. The molecule has 1 saturated carbocycles. The van der Waals surface area contributed by atoms with E-state index in [1.165, 1.54) is 0 Å². The van der Waals surface area contributed by atoms with Gasteiger partial charge in [0.25, 0.3) is 0 Å². The molecule has 0 aliphatic heterocycles. The molecule has 0 saturated heterocycles. The van der Waals surface area contributed by atoms with Crippen LogP contribution in [0.25, 0.3) is 0 Å². The first-order valence-corrected chi connectivity index (χ1v) is 9.59. The van der Waals surface area contributed by atoms with Gasteiger partial charge >= 0.3 is 0 Å². The lowest BCUT2D eigenvalue weighted by atomic mass is 9.78. The van der Waals surface area contributed by atoms with Crippen LogP contribution in [-0.2, 0) is 10.2 Å². The van der Waals surface area contributed by atoms with Crippen molar-refractivity contribution in [3.05, 3.63) is 58.0 Å². The molecule has 1 aliphatic carbocycles. The molecule has 1 fully saturated rings. The van der Waals surface area contributed by atoms with Crippen LogP contribution in [0, 0.1) is 13.8 Å². The summed E-state index contributed by atoms with van der Waals surface area (Å²) in [6, 6.07) is 9.46. The predicted octanol–water partition coefficient (Wildman–Crippen LogP) is 4.60. The fourth-order valence-corrected chi connectivity index (χ4v) is 4.15. The summed E-state index contributed by atoms with van der Waals surface area (Å²) in [5.74, 6) is 1.56. The summed E-state index contributed by atoms with van der Waals surface area (Å²) >= 11 is 6.00. The smallest absolute Gasteiger partial charge is 0.230 e. The number of hydrogen-bond acceptors (Lipinski definition) is 3. The predicted molar refractivity (Wildman–Crippen MR) is 102 cm³/mol. The molecule has 1 aromatic carbocycles. The Morgan fingerprint density at radius 3 is 2.50 bits per heavy atom. The van der Waals surface area contributed by atoms with E-state index in [0.717, 1.165) is 48.3 Å². The zero-order valence-corrected chi connectivity index (χ0v) is 16.1. The first kappa shape index (κ1) is 19.0. The van der Waals surface area contributed by atoms with Gasteiger partial charge in [0, 0.05) is 17.1 Å². The third kappa shape index (κ3) is 3.81. The van der Waals surface area contributed by atoms with Crippen molar-refractivity contribution >= 4 is 17.5 Å². The largest absolute Gasteiger partial charge is 0.466 e. The highest BCUT2D eigenvalue weighted by atomic mass is 35.5. The fraction of sp³-hybridized carbons (Fsp3) is 0.476. The molecule has 0 unspecified atom stereocenters. The molecule has 1 aliphatic rings. The molecule has 2 aromatic rings. The molecular weight excluding hydrogens is 350 g/mol. The van der Waals surface area contributed by atoms with Gasteiger partial charge in [0.15, 0.2) is 0 Å². The Balaban J connectivity index is 1.64. The summed E-state index contributed by atoms with van der Waals surface area (Å²) in [5, 5.41) is 14.1. The number of hydrogen-bond donors (Lipinski definition) is 2. The van der Waals surface area contributed by atoms with E-state index >= 15 is 0 Å². The van der Waals surface area contributed by atoms with Gasteiger partial charge in [-0.15, -0.1) is 0 Å². The van der Waals surface area contributed by atoms with E-state index in [9.17, 15) is 9.90 Å².